The molecule has 0 bridgehead atoms. The Balaban J connectivity index is 0.00000121. The molecule has 0 spiro atoms. The van der Waals surface area contributed by atoms with Crippen molar-refractivity contribution in [2.45, 2.75) is 6.42 Å². The van der Waals surface area contributed by atoms with Gasteiger partial charge in [-0.3, -0.25) is 9.78 Å². The summed E-state index contributed by atoms with van der Waals surface area (Å²) in [7, 11) is 1.63. The second-order valence-corrected chi connectivity index (χ2v) is 2.21. The standard InChI is InChI=1S/C8H10N2O.ClH/c1-9-8(11)6-7-2-4-10-5-3-7;/h2-5H,6H2,1H3,(H,9,11);1H. The first-order chi connectivity index (χ1) is 5.33. The van der Waals surface area contributed by atoms with Crippen molar-refractivity contribution in [3.63, 3.8) is 0 Å². The van der Waals surface area contributed by atoms with E-state index in [1.807, 2.05) is 12.1 Å². The van der Waals surface area contributed by atoms with Crippen molar-refractivity contribution in [1.29, 1.82) is 0 Å². The Morgan fingerprint density at radius 2 is 2.08 bits per heavy atom. The molecule has 0 fully saturated rings. The maximum Gasteiger partial charge on any atom is 0.224 e. The van der Waals surface area contributed by atoms with Gasteiger partial charge in [-0.15, -0.1) is 12.4 Å². The summed E-state index contributed by atoms with van der Waals surface area (Å²) in [5, 5.41) is 2.55. The first-order valence-electron chi connectivity index (χ1n) is 3.42. The van der Waals surface area contributed by atoms with Gasteiger partial charge in [0, 0.05) is 19.4 Å². The average Bonchev–Trinajstić information content (AvgIpc) is 2.06. The summed E-state index contributed by atoms with van der Waals surface area (Å²) in [5.41, 5.74) is 0.986. The predicted molar refractivity (Wildman–Crippen MR) is 49.3 cm³/mol. The second-order valence-electron chi connectivity index (χ2n) is 2.21. The molecule has 0 aliphatic heterocycles. The molecule has 1 N–H and O–H groups in total. The highest BCUT2D eigenvalue weighted by atomic mass is 35.5. The highest BCUT2D eigenvalue weighted by Gasteiger charge is 1.97. The number of halogens is 1. The molecular weight excluding hydrogens is 176 g/mol. The van der Waals surface area contributed by atoms with Gasteiger partial charge in [0.25, 0.3) is 0 Å². The van der Waals surface area contributed by atoms with E-state index in [9.17, 15) is 4.79 Å². The summed E-state index contributed by atoms with van der Waals surface area (Å²) in [4.78, 5) is 14.7. The summed E-state index contributed by atoms with van der Waals surface area (Å²) in [5.74, 6) is 0.0243. The van der Waals surface area contributed by atoms with Crippen molar-refractivity contribution >= 4 is 18.3 Å². The van der Waals surface area contributed by atoms with Crippen LogP contribution in [-0.2, 0) is 11.2 Å². The Morgan fingerprint density at radius 3 is 2.58 bits per heavy atom. The van der Waals surface area contributed by atoms with Gasteiger partial charge in [-0.25, -0.2) is 0 Å². The van der Waals surface area contributed by atoms with Crippen LogP contribution < -0.4 is 5.32 Å². The molecule has 1 amide bonds. The van der Waals surface area contributed by atoms with Gasteiger partial charge in [-0.05, 0) is 17.7 Å². The van der Waals surface area contributed by atoms with Crippen LogP contribution in [-0.4, -0.2) is 17.9 Å². The van der Waals surface area contributed by atoms with Crippen LogP contribution in [0.25, 0.3) is 0 Å². The number of carbonyl (C=O) groups excluding carboxylic acids is 1. The molecular formula is C8H11ClN2O. The number of aromatic nitrogens is 1. The van der Waals surface area contributed by atoms with Crippen molar-refractivity contribution < 1.29 is 4.79 Å². The third kappa shape index (κ3) is 3.34. The van der Waals surface area contributed by atoms with Gasteiger partial charge in [0.2, 0.25) is 5.91 Å². The smallest absolute Gasteiger partial charge is 0.224 e. The molecule has 0 radical (unpaired) electrons. The molecule has 0 saturated heterocycles. The first kappa shape index (κ1) is 10.9. The number of hydrogen-bond acceptors (Lipinski definition) is 2. The molecule has 4 heteroatoms. The minimum Gasteiger partial charge on any atom is -0.359 e. The fourth-order valence-corrected chi connectivity index (χ4v) is 0.774. The molecule has 1 aromatic heterocycles. The zero-order valence-electron chi connectivity index (χ0n) is 6.78. The number of carbonyl (C=O) groups is 1. The van der Waals surface area contributed by atoms with E-state index >= 15 is 0 Å². The van der Waals surface area contributed by atoms with E-state index in [2.05, 4.69) is 10.3 Å². The number of hydrogen-bond donors (Lipinski definition) is 1. The van der Waals surface area contributed by atoms with Crippen LogP contribution >= 0.6 is 12.4 Å². The summed E-state index contributed by atoms with van der Waals surface area (Å²) >= 11 is 0. The zero-order chi connectivity index (χ0) is 8.10. The van der Waals surface area contributed by atoms with Crippen molar-refractivity contribution in [1.82, 2.24) is 10.3 Å². The third-order valence-electron chi connectivity index (χ3n) is 1.39. The predicted octanol–water partition coefficient (Wildman–Crippen LogP) is 0.792. The molecule has 1 heterocycles. The lowest BCUT2D eigenvalue weighted by Gasteiger charge is -1.97. The highest BCUT2D eigenvalue weighted by Crippen LogP contribution is 1.96. The molecule has 3 nitrogen and oxygen atoms in total. The van der Waals surface area contributed by atoms with E-state index in [0.717, 1.165) is 5.56 Å². The largest absolute Gasteiger partial charge is 0.359 e. The van der Waals surface area contributed by atoms with Crippen LogP contribution in [0.1, 0.15) is 5.56 Å². The Kier molecular flexibility index (Phi) is 5.04. The minimum absolute atomic E-state index is 0. The summed E-state index contributed by atoms with van der Waals surface area (Å²) < 4.78 is 0. The van der Waals surface area contributed by atoms with Crippen LogP contribution in [0.15, 0.2) is 24.5 Å². The zero-order valence-corrected chi connectivity index (χ0v) is 7.60. The highest BCUT2D eigenvalue weighted by molar-refractivity contribution is 5.85. The number of amides is 1. The molecule has 66 valence electrons. The second kappa shape index (κ2) is 5.55. The fraction of sp³-hybridized carbons (Fsp3) is 0.250. The average molecular weight is 187 g/mol. The maximum atomic E-state index is 10.8. The number of pyridine rings is 1. The number of nitrogens with one attached hydrogen (secondary N) is 1. The first-order valence-corrected chi connectivity index (χ1v) is 3.42. The van der Waals surface area contributed by atoms with E-state index < -0.39 is 0 Å². The van der Waals surface area contributed by atoms with Crippen LogP contribution in [0.3, 0.4) is 0 Å². The van der Waals surface area contributed by atoms with Crippen molar-refractivity contribution in [2.24, 2.45) is 0 Å². The Bertz CT molecular complexity index is 238. The topological polar surface area (TPSA) is 42.0 Å². The Morgan fingerprint density at radius 1 is 1.50 bits per heavy atom. The Hall–Kier alpha value is -1.09. The van der Waals surface area contributed by atoms with E-state index in [1.165, 1.54) is 0 Å². The lowest BCUT2D eigenvalue weighted by Crippen LogP contribution is -2.19. The van der Waals surface area contributed by atoms with Gasteiger partial charge in [-0.1, -0.05) is 0 Å². The molecule has 1 rings (SSSR count). The molecule has 1 aromatic rings. The minimum atomic E-state index is 0. The van der Waals surface area contributed by atoms with Crippen LogP contribution in [0, 0.1) is 0 Å². The summed E-state index contributed by atoms with van der Waals surface area (Å²) in [6.45, 7) is 0. The summed E-state index contributed by atoms with van der Waals surface area (Å²) in [6, 6.07) is 3.66. The normalized spacial score (nSPS) is 8.42. The van der Waals surface area contributed by atoms with E-state index in [-0.39, 0.29) is 18.3 Å². The molecule has 0 aromatic carbocycles. The van der Waals surface area contributed by atoms with Crippen molar-refractivity contribution in [3.05, 3.63) is 30.1 Å². The number of rotatable bonds is 2. The van der Waals surface area contributed by atoms with Crippen molar-refractivity contribution in [2.75, 3.05) is 7.05 Å². The fourth-order valence-electron chi connectivity index (χ4n) is 0.774. The Labute approximate surface area is 77.6 Å². The lowest BCUT2D eigenvalue weighted by atomic mass is 10.2. The molecule has 0 saturated carbocycles. The van der Waals surface area contributed by atoms with Gasteiger partial charge in [-0.2, -0.15) is 0 Å². The van der Waals surface area contributed by atoms with Gasteiger partial charge >= 0.3 is 0 Å². The number of likely N-dealkylation sites (N-methyl/N-ethyl adjacent to an activating group) is 1. The van der Waals surface area contributed by atoms with Gasteiger partial charge in [0.15, 0.2) is 0 Å². The summed E-state index contributed by atoms with van der Waals surface area (Å²) in [6.07, 6.45) is 3.79. The number of nitrogens with zero attached hydrogens (tertiary/aromatic N) is 1. The van der Waals surface area contributed by atoms with E-state index in [1.54, 1.807) is 19.4 Å². The molecule has 0 aliphatic carbocycles. The molecule has 0 unspecified atom stereocenters. The SMILES string of the molecule is CNC(=O)Cc1ccncc1.Cl. The quantitative estimate of drug-likeness (QED) is 0.742. The maximum absolute atomic E-state index is 10.8. The van der Waals surface area contributed by atoms with Crippen LogP contribution in [0.5, 0.6) is 0 Å². The van der Waals surface area contributed by atoms with E-state index in [4.69, 9.17) is 0 Å². The third-order valence-corrected chi connectivity index (χ3v) is 1.39. The van der Waals surface area contributed by atoms with Gasteiger partial charge in [0.05, 0.1) is 6.42 Å². The molecule has 0 aliphatic rings. The van der Waals surface area contributed by atoms with Gasteiger partial charge < -0.3 is 5.32 Å². The molecule has 12 heavy (non-hydrogen) atoms. The van der Waals surface area contributed by atoms with Gasteiger partial charge in [0.1, 0.15) is 0 Å². The van der Waals surface area contributed by atoms with Crippen molar-refractivity contribution in [3.8, 4) is 0 Å². The van der Waals surface area contributed by atoms with Crippen LogP contribution in [0.4, 0.5) is 0 Å². The monoisotopic (exact) mass is 186 g/mol. The van der Waals surface area contributed by atoms with Crippen LogP contribution in [0.2, 0.25) is 0 Å². The lowest BCUT2D eigenvalue weighted by molar-refractivity contribution is -0.119. The molecule has 0 atom stereocenters. The van der Waals surface area contributed by atoms with E-state index in [0.29, 0.717) is 6.42 Å².